The Kier molecular flexibility index (Phi) is 6.49. The minimum Gasteiger partial charge on any atom is -0.392 e. The van der Waals surface area contributed by atoms with Crippen molar-refractivity contribution in [2.75, 3.05) is 18.0 Å². The van der Waals surface area contributed by atoms with E-state index in [1.165, 1.54) is 5.56 Å². The second-order valence-corrected chi connectivity index (χ2v) is 9.02. The minimum atomic E-state index is -0.209. The number of allylic oxidation sites excluding steroid dienone is 2. The molecule has 2 heterocycles. The van der Waals surface area contributed by atoms with Crippen LogP contribution in [0.5, 0.6) is 0 Å². The van der Waals surface area contributed by atoms with Crippen molar-refractivity contribution in [3.05, 3.63) is 47.5 Å². The maximum absolute atomic E-state index is 10.1. The van der Waals surface area contributed by atoms with Crippen molar-refractivity contribution < 1.29 is 5.11 Å². The highest BCUT2D eigenvalue weighted by Crippen LogP contribution is 2.28. The molecule has 0 radical (unpaired) electrons. The van der Waals surface area contributed by atoms with E-state index < -0.39 is 0 Å². The predicted molar refractivity (Wildman–Crippen MR) is 128 cm³/mol. The van der Waals surface area contributed by atoms with Crippen molar-refractivity contribution in [1.82, 2.24) is 10.3 Å². The number of nitrogens with one attached hydrogen (secondary N) is 3. The molecule has 1 saturated carbocycles. The molecule has 4 N–H and O–H groups in total. The molecular weight excluding hydrogens is 386 g/mol. The topological polar surface area (TPSA) is 96.1 Å². The summed E-state index contributed by atoms with van der Waals surface area (Å²) in [4.78, 5) is 7.25. The van der Waals surface area contributed by atoms with E-state index in [1.807, 2.05) is 0 Å². The third-order valence-corrected chi connectivity index (χ3v) is 6.46. The van der Waals surface area contributed by atoms with Gasteiger partial charge in [-0.25, -0.2) is 4.98 Å². The Bertz CT molecular complexity index is 1010. The third kappa shape index (κ3) is 5.02. The number of rotatable bonds is 6. The van der Waals surface area contributed by atoms with Crippen molar-refractivity contribution in [2.45, 2.75) is 64.1 Å². The number of aliphatic hydroxyl groups is 1. The molecular formula is C25H33N5O. The normalized spacial score (nSPS) is 22.5. The van der Waals surface area contributed by atoms with Crippen LogP contribution < -0.4 is 10.2 Å². The number of hydrogen-bond acceptors (Lipinski definition) is 6. The van der Waals surface area contributed by atoms with Crippen LogP contribution in [-0.4, -0.2) is 52.8 Å². The van der Waals surface area contributed by atoms with Gasteiger partial charge in [-0.05, 0) is 76.3 Å². The van der Waals surface area contributed by atoms with E-state index in [-0.39, 0.29) is 12.1 Å². The van der Waals surface area contributed by atoms with Gasteiger partial charge in [-0.1, -0.05) is 11.6 Å². The molecule has 1 aliphatic carbocycles. The number of pyridine rings is 1. The Balaban J connectivity index is 1.57. The number of fused-ring (bicyclic) bond motifs is 1. The summed E-state index contributed by atoms with van der Waals surface area (Å²) in [7, 11) is 0. The van der Waals surface area contributed by atoms with Crippen LogP contribution in [0, 0.1) is 17.7 Å². The molecule has 2 aliphatic rings. The molecule has 2 aromatic rings. The summed E-state index contributed by atoms with van der Waals surface area (Å²) in [5.74, 6) is 0.855. The van der Waals surface area contributed by atoms with Crippen molar-refractivity contribution in [3.8, 4) is 0 Å². The lowest BCUT2D eigenvalue weighted by Gasteiger charge is -2.36. The van der Waals surface area contributed by atoms with E-state index in [0.29, 0.717) is 17.5 Å². The Morgan fingerprint density at radius 3 is 2.58 bits per heavy atom. The Labute approximate surface area is 184 Å². The Hall–Kier alpha value is -2.57. The van der Waals surface area contributed by atoms with Crippen molar-refractivity contribution in [1.29, 1.82) is 10.8 Å². The van der Waals surface area contributed by atoms with E-state index in [9.17, 15) is 5.11 Å². The van der Waals surface area contributed by atoms with Crippen LogP contribution in [-0.2, 0) is 0 Å². The zero-order valence-electron chi connectivity index (χ0n) is 18.5. The first kappa shape index (κ1) is 21.7. The predicted octanol–water partition coefficient (Wildman–Crippen LogP) is 3.98. The highest BCUT2D eigenvalue weighted by molar-refractivity contribution is 6.13. The van der Waals surface area contributed by atoms with Gasteiger partial charge >= 0.3 is 0 Å². The van der Waals surface area contributed by atoms with Gasteiger partial charge in [0.05, 0.1) is 17.3 Å². The highest BCUT2D eigenvalue weighted by Gasteiger charge is 2.29. The number of aliphatic hydroxyl groups excluding tert-OH is 1. The first-order chi connectivity index (χ1) is 14.9. The van der Waals surface area contributed by atoms with Crippen LogP contribution in [0.25, 0.3) is 10.9 Å². The molecule has 1 aromatic heterocycles. The number of aryl methyl sites for hydroxylation is 1. The number of piperidine rings is 1. The lowest BCUT2D eigenvalue weighted by atomic mass is 10.0. The lowest BCUT2D eigenvalue weighted by molar-refractivity contribution is 0.140. The van der Waals surface area contributed by atoms with Gasteiger partial charge in [0.25, 0.3) is 0 Å². The summed E-state index contributed by atoms with van der Waals surface area (Å²) in [6, 6.07) is 8.95. The second-order valence-electron chi connectivity index (χ2n) is 9.02. The quantitative estimate of drug-likeness (QED) is 0.533. The van der Waals surface area contributed by atoms with Crippen LogP contribution in [0.3, 0.4) is 0 Å². The van der Waals surface area contributed by atoms with E-state index in [1.54, 1.807) is 19.1 Å². The summed E-state index contributed by atoms with van der Waals surface area (Å²) < 4.78 is 0. The van der Waals surface area contributed by atoms with Crippen molar-refractivity contribution >= 4 is 28.1 Å². The molecule has 6 nitrogen and oxygen atoms in total. The van der Waals surface area contributed by atoms with E-state index >= 15 is 0 Å². The maximum atomic E-state index is 10.1. The van der Waals surface area contributed by atoms with Gasteiger partial charge < -0.3 is 26.1 Å². The molecule has 0 bridgehead atoms. The number of benzene rings is 1. The van der Waals surface area contributed by atoms with Gasteiger partial charge in [-0.3, -0.25) is 0 Å². The standard InChI is InChI=1S/C25H33N5O/c1-16-6-9-22-18(14-16)15-20(21(27)8-7-17(2)26)25(29-22)30-12-10-19(11-13-30)28-23-4-3-5-24(23)31/h6-9,14-15,19,23-24,26-28,31H,3-5,10-13H2,1-2H3/b8-7-,26-17?,27-21?/t23-,24-/m0/s1. The second kappa shape index (κ2) is 9.28. The van der Waals surface area contributed by atoms with Gasteiger partial charge in [0, 0.05) is 41.8 Å². The molecule has 0 unspecified atom stereocenters. The van der Waals surface area contributed by atoms with E-state index in [2.05, 4.69) is 41.4 Å². The number of aromatic nitrogens is 1. The highest BCUT2D eigenvalue weighted by atomic mass is 16.3. The zero-order chi connectivity index (χ0) is 22.0. The molecule has 1 aromatic carbocycles. The first-order valence-electron chi connectivity index (χ1n) is 11.3. The molecule has 6 heteroatoms. The van der Waals surface area contributed by atoms with Crippen LogP contribution in [0.4, 0.5) is 5.82 Å². The molecule has 164 valence electrons. The van der Waals surface area contributed by atoms with Gasteiger partial charge in [0.2, 0.25) is 0 Å². The molecule has 0 spiro atoms. The summed E-state index contributed by atoms with van der Waals surface area (Å²) in [6.07, 6.45) is 8.22. The monoisotopic (exact) mass is 419 g/mol. The van der Waals surface area contributed by atoms with Gasteiger partial charge in [0.15, 0.2) is 0 Å². The SMILES string of the molecule is CC(=N)/C=C\C(=N)c1cc2cc(C)ccc2nc1N1CCC(N[C@H]2CCC[C@@H]2O)CC1. The fourth-order valence-electron chi connectivity index (χ4n) is 4.72. The first-order valence-corrected chi connectivity index (χ1v) is 11.3. The van der Waals surface area contributed by atoms with Crippen LogP contribution >= 0.6 is 0 Å². The maximum Gasteiger partial charge on any atom is 0.138 e. The molecule has 1 aliphatic heterocycles. The minimum absolute atomic E-state index is 0.209. The smallest absolute Gasteiger partial charge is 0.138 e. The average Bonchev–Trinajstić information content (AvgIpc) is 3.16. The third-order valence-electron chi connectivity index (χ3n) is 6.46. The van der Waals surface area contributed by atoms with Crippen molar-refractivity contribution in [2.24, 2.45) is 0 Å². The largest absolute Gasteiger partial charge is 0.392 e. The number of nitrogens with zero attached hydrogens (tertiary/aromatic N) is 2. The summed E-state index contributed by atoms with van der Waals surface area (Å²) in [5, 5.41) is 31.1. The molecule has 2 fully saturated rings. The van der Waals surface area contributed by atoms with Crippen molar-refractivity contribution in [3.63, 3.8) is 0 Å². The number of anilines is 1. The summed E-state index contributed by atoms with van der Waals surface area (Å²) >= 11 is 0. The summed E-state index contributed by atoms with van der Waals surface area (Å²) in [6.45, 7) is 5.53. The van der Waals surface area contributed by atoms with E-state index in [0.717, 1.165) is 67.5 Å². The molecule has 0 amide bonds. The average molecular weight is 420 g/mol. The number of hydrogen-bond donors (Lipinski definition) is 4. The fraction of sp³-hybridized carbons (Fsp3) is 0.480. The van der Waals surface area contributed by atoms with Gasteiger partial charge in [-0.15, -0.1) is 0 Å². The molecule has 4 rings (SSSR count). The Morgan fingerprint density at radius 1 is 1.13 bits per heavy atom. The zero-order valence-corrected chi connectivity index (χ0v) is 18.5. The van der Waals surface area contributed by atoms with Gasteiger partial charge in [0.1, 0.15) is 5.82 Å². The molecule has 31 heavy (non-hydrogen) atoms. The van der Waals surface area contributed by atoms with Gasteiger partial charge in [-0.2, -0.15) is 0 Å². The Morgan fingerprint density at radius 2 is 1.90 bits per heavy atom. The van der Waals surface area contributed by atoms with Crippen LogP contribution in [0.2, 0.25) is 0 Å². The van der Waals surface area contributed by atoms with Crippen LogP contribution in [0.15, 0.2) is 36.4 Å². The molecule has 2 atom stereocenters. The van der Waals surface area contributed by atoms with Crippen LogP contribution in [0.1, 0.15) is 50.2 Å². The lowest BCUT2D eigenvalue weighted by Crippen LogP contribution is -2.48. The van der Waals surface area contributed by atoms with E-state index in [4.69, 9.17) is 15.8 Å². The molecule has 1 saturated heterocycles. The summed E-state index contributed by atoms with van der Waals surface area (Å²) in [5.41, 5.74) is 3.74. The fourth-order valence-corrected chi connectivity index (χ4v) is 4.72.